The molecule has 0 aliphatic heterocycles. The molecule has 1 amide bonds. The molecule has 2 atom stereocenters. The van der Waals surface area contributed by atoms with Crippen molar-refractivity contribution in [1.82, 2.24) is 15.3 Å². The summed E-state index contributed by atoms with van der Waals surface area (Å²) in [5.41, 5.74) is 0.876. The minimum Gasteiger partial charge on any atom is -0.452 e. The van der Waals surface area contributed by atoms with Crippen LogP contribution in [0.3, 0.4) is 0 Å². The maximum Gasteiger partial charge on any atom is 0.343 e. The van der Waals surface area contributed by atoms with Crippen LogP contribution >= 0.6 is 23.1 Å². The summed E-state index contributed by atoms with van der Waals surface area (Å²) in [5, 5.41) is 5.51. The van der Waals surface area contributed by atoms with E-state index in [0.29, 0.717) is 28.0 Å². The number of carbonyl (C=O) groups is 2. The van der Waals surface area contributed by atoms with Crippen LogP contribution in [0.5, 0.6) is 0 Å². The highest BCUT2D eigenvalue weighted by Gasteiger charge is 2.25. The maximum atomic E-state index is 12.6. The Kier molecular flexibility index (Phi) is 7.07. The summed E-state index contributed by atoms with van der Waals surface area (Å²) in [4.78, 5) is 34.7. The fourth-order valence-corrected chi connectivity index (χ4v) is 4.70. The van der Waals surface area contributed by atoms with Gasteiger partial charge in [-0.25, -0.2) is 14.8 Å². The van der Waals surface area contributed by atoms with E-state index in [4.69, 9.17) is 4.74 Å². The van der Waals surface area contributed by atoms with E-state index in [2.05, 4.69) is 22.2 Å². The summed E-state index contributed by atoms with van der Waals surface area (Å²) in [6.45, 7) is 3.62. The number of aryl methyl sites for hydroxylation is 1. The number of hydrogen-bond acceptors (Lipinski definition) is 7. The third kappa shape index (κ3) is 4.91. The summed E-state index contributed by atoms with van der Waals surface area (Å²) >= 11 is 2.91. The molecule has 1 saturated carbocycles. The Balaban J connectivity index is 1.66. The quantitative estimate of drug-likeness (QED) is 0.431. The van der Waals surface area contributed by atoms with Crippen molar-refractivity contribution in [2.45, 2.75) is 50.6 Å². The molecule has 2 aromatic rings. The third-order valence-electron chi connectivity index (χ3n) is 4.99. The molecular weight excluding hydrogens is 394 g/mol. The van der Waals surface area contributed by atoms with Crippen LogP contribution in [0.4, 0.5) is 0 Å². The fourth-order valence-electron chi connectivity index (χ4n) is 3.43. The summed E-state index contributed by atoms with van der Waals surface area (Å²) in [5.74, 6) is 0.229. The molecule has 2 unspecified atom stereocenters. The Bertz CT molecular complexity index is 839. The number of rotatable bonds is 6. The molecule has 0 radical (unpaired) electrons. The first-order chi connectivity index (χ1) is 13.5. The highest BCUT2D eigenvalue weighted by Crippen LogP contribution is 2.28. The van der Waals surface area contributed by atoms with Crippen LogP contribution in [-0.2, 0) is 9.53 Å². The second-order valence-corrected chi connectivity index (χ2v) is 8.75. The van der Waals surface area contributed by atoms with Crippen molar-refractivity contribution in [2.75, 3.05) is 12.9 Å². The monoisotopic (exact) mass is 419 g/mol. The van der Waals surface area contributed by atoms with Gasteiger partial charge in [0.15, 0.2) is 12.4 Å². The van der Waals surface area contributed by atoms with Gasteiger partial charge in [0.2, 0.25) is 0 Å². The van der Waals surface area contributed by atoms with Gasteiger partial charge in [0.25, 0.3) is 5.91 Å². The van der Waals surface area contributed by atoms with E-state index in [1.54, 1.807) is 18.3 Å². The smallest absolute Gasteiger partial charge is 0.343 e. The molecule has 1 fully saturated rings. The van der Waals surface area contributed by atoms with Crippen molar-refractivity contribution in [2.24, 2.45) is 5.92 Å². The molecule has 1 aliphatic carbocycles. The third-order valence-corrected chi connectivity index (χ3v) is 6.54. The summed E-state index contributed by atoms with van der Waals surface area (Å²) in [6, 6.07) is 4.04. The Morgan fingerprint density at radius 2 is 2.11 bits per heavy atom. The molecule has 2 heterocycles. The van der Waals surface area contributed by atoms with Crippen molar-refractivity contribution in [3.05, 3.63) is 28.8 Å². The topological polar surface area (TPSA) is 81.2 Å². The van der Waals surface area contributed by atoms with E-state index < -0.39 is 5.97 Å². The Hall–Kier alpha value is -1.93. The molecule has 0 spiro atoms. The molecule has 8 heteroatoms. The first-order valence-electron chi connectivity index (χ1n) is 9.42. The average Bonchev–Trinajstić information content (AvgIpc) is 3.22. The molecule has 1 aliphatic rings. The van der Waals surface area contributed by atoms with Crippen LogP contribution in [0.25, 0.3) is 10.7 Å². The molecule has 0 aromatic carbocycles. The zero-order valence-corrected chi connectivity index (χ0v) is 18.0. The maximum absolute atomic E-state index is 12.6. The Labute approximate surface area is 173 Å². The van der Waals surface area contributed by atoms with Crippen LogP contribution in [0, 0.1) is 12.8 Å². The van der Waals surface area contributed by atoms with E-state index in [9.17, 15) is 9.59 Å². The lowest BCUT2D eigenvalue weighted by Crippen LogP contribution is -2.42. The lowest BCUT2D eigenvalue weighted by atomic mass is 9.86. The number of nitrogens with zero attached hydrogens (tertiary/aromatic N) is 2. The molecular formula is C20H25N3O3S2. The molecule has 0 bridgehead atoms. The predicted molar refractivity (Wildman–Crippen MR) is 112 cm³/mol. The number of hydrogen-bond donors (Lipinski definition) is 1. The minimum absolute atomic E-state index is 0.164. The molecule has 3 rings (SSSR count). The summed E-state index contributed by atoms with van der Waals surface area (Å²) in [7, 11) is 0. The van der Waals surface area contributed by atoms with Gasteiger partial charge in [0.05, 0.1) is 10.6 Å². The van der Waals surface area contributed by atoms with Gasteiger partial charge >= 0.3 is 5.97 Å². The standard InChI is InChI=1S/C20H25N3O3S2/c1-12-7-4-5-8-14(12)22-16(24)11-26-20(25)17-13(2)21-18(23-19(17)27-3)15-9-6-10-28-15/h6,9-10,12,14H,4-5,7-8,11H2,1-3H3,(H,22,24). The number of aromatic nitrogens is 2. The zero-order valence-electron chi connectivity index (χ0n) is 16.4. The van der Waals surface area contributed by atoms with Crippen LogP contribution < -0.4 is 5.32 Å². The first kappa shape index (κ1) is 20.8. The minimum atomic E-state index is -0.563. The fraction of sp³-hybridized carbons (Fsp3) is 0.500. The average molecular weight is 420 g/mol. The highest BCUT2D eigenvalue weighted by atomic mass is 32.2. The molecule has 6 nitrogen and oxygen atoms in total. The largest absolute Gasteiger partial charge is 0.452 e. The van der Waals surface area contributed by atoms with Gasteiger partial charge in [-0.1, -0.05) is 25.8 Å². The molecule has 150 valence electrons. The van der Waals surface area contributed by atoms with Crippen LogP contribution in [0.1, 0.15) is 48.7 Å². The van der Waals surface area contributed by atoms with E-state index in [1.807, 2.05) is 23.8 Å². The van der Waals surface area contributed by atoms with Crippen LogP contribution in [0.2, 0.25) is 0 Å². The molecule has 28 heavy (non-hydrogen) atoms. The summed E-state index contributed by atoms with van der Waals surface area (Å²) < 4.78 is 5.28. The lowest BCUT2D eigenvalue weighted by Gasteiger charge is -2.29. The molecule has 0 saturated heterocycles. The Morgan fingerprint density at radius 1 is 1.32 bits per heavy atom. The predicted octanol–water partition coefficient (Wildman–Crippen LogP) is 4.09. The van der Waals surface area contributed by atoms with Crippen molar-refractivity contribution in [3.63, 3.8) is 0 Å². The number of nitrogens with one attached hydrogen (secondary N) is 1. The normalized spacial score (nSPS) is 19.2. The number of amides is 1. The second kappa shape index (κ2) is 9.52. The van der Waals surface area contributed by atoms with Gasteiger partial charge in [-0.2, -0.15) is 0 Å². The van der Waals surface area contributed by atoms with E-state index in [0.717, 1.165) is 24.1 Å². The van der Waals surface area contributed by atoms with Gasteiger partial charge in [0.1, 0.15) is 10.6 Å². The lowest BCUT2D eigenvalue weighted by molar-refractivity contribution is -0.125. The molecule has 1 N–H and O–H groups in total. The summed E-state index contributed by atoms with van der Waals surface area (Å²) in [6.07, 6.45) is 6.29. The van der Waals surface area contributed by atoms with Crippen molar-refractivity contribution in [1.29, 1.82) is 0 Å². The number of thiophene rings is 1. The van der Waals surface area contributed by atoms with Gasteiger partial charge in [0, 0.05) is 6.04 Å². The van der Waals surface area contributed by atoms with Gasteiger partial charge in [-0.15, -0.1) is 23.1 Å². The molecule has 2 aromatic heterocycles. The first-order valence-corrected chi connectivity index (χ1v) is 11.5. The highest BCUT2D eigenvalue weighted by molar-refractivity contribution is 7.98. The van der Waals surface area contributed by atoms with E-state index in [-0.39, 0.29) is 18.6 Å². The van der Waals surface area contributed by atoms with E-state index >= 15 is 0 Å². The number of thioether (sulfide) groups is 1. The van der Waals surface area contributed by atoms with Gasteiger partial charge in [-0.05, 0) is 43.4 Å². The van der Waals surface area contributed by atoms with Crippen LogP contribution in [0.15, 0.2) is 22.5 Å². The number of esters is 1. The van der Waals surface area contributed by atoms with Gasteiger partial charge < -0.3 is 10.1 Å². The number of carbonyl (C=O) groups excluding carboxylic acids is 2. The van der Waals surface area contributed by atoms with Crippen molar-refractivity contribution < 1.29 is 14.3 Å². The number of ether oxygens (including phenoxy) is 1. The zero-order chi connectivity index (χ0) is 20.1. The van der Waals surface area contributed by atoms with Gasteiger partial charge in [-0.3, -0.25) is 4.79 Å². The van der Waals surface area contributed by atoms with Crippen molar-refractivity contribution >= 4 is 35.0 Å². The van der Waals surface area contributed by atoms with Crippen molar-refractivity contribution in [3.8, 4) is 10.7 Å². The van der Waals surface area contributed by atoms with Crippen LogP contribution in [-0.4, -0.2) is 40.7 Å². The second-order valence-electron chi connectivity index (χ2n) is 7.01. The SMILES string of the molecule is CSc1nc(-c2cccs2)nc(C)c1C(=O)OCC(=O)NC1CCCCC1C. The Morgan fingerprint density at radius 3 is 2.79 bits per heavy atom. The van der Waals surface area contributed by atoms with E-state index in [1.165, 1.54) is 18.2 Å².